The summed E-state index contributed by atoms with van der Waals surface area (Å²) in [7, 11) is 0. The van der Waals surface area contributed by atoms with E-state index in [0.717, 1.165) is 57.7 Å². The van der Waals surface area contributed by atoms with E-state index in [0.29, 0.717) is 13.0 Å². The molecule has 28 heavy (non-hydrogen) atoms. The number of urea groups is 1. The molecule has 1 aliphatic rings. The number of rotatable bonds is 10. The van der Waals surface area contributed by atoms with Gasteiger partial charge in [0, 0.05) is 39.3 Å². The number of hydrogen-bond acceptors (Lipinski definition) is 4. The first-order valence-electron chi connectivity index (χ1n) is 10.4. The van der Waals surface area contributed by atoms with Crippen molar-refractivity contribution in [1.82, 2.24) is 20.4 Å². The number of primary amides is 1. The van der Waals surface area contributed by atoms with Gasteiger partial charge in [-0.25, -0.2) is 4.79 Å². The molecule has 3 amide bonds. The topological polar surface area (TPSA) is 90.7 Å². The molecule has 1 atom stereocenters. The number of nitrogens with one attached hydrogen (secondary N) is 2. The summed E-state index contributed by atoms with van der Waals surface area (Å²) in [6.07, 6.45) is 2.41. The predicted molar refractivity (Wildman–Crippen MR) is 112 cm³/mol. The molecule has 7 nitrogen and oxygen atoms in total. The molecule has 1 saturated heterocycles. The van der Waals surface area contributed by atoms with E-state index in [1.807, 2.05) is 12.1 Å². The highest BCUT2D eigenvalue weighted by Crippen LogP contribution is 2.14. The second-order valence-electron chi connectivity index (χ2n) is 7.40. The Labute approximate surface area is 168 Å². The van der Waals surface area contributed by atoms with Crippen LogP contribution in [0.1, 0.15) is 44.2 Å². The van der Waals surface area contributed by atoms with Crippen LogP contribution in [-0.4, -0.2) is 60.5 Å². The summed E-state index contributed by atoms with van der Waals surface area (Å²) in [5.74, 6) is -0.182. The summed E-state index contributed by atoms with van der Waals surface area (Å²) in [5, 5.41) is 5.53. The van der Waals surface area contributed by atoms with Crippen molar-refractivity contribution in [2.75, 3.05) is 32.7 Å². The van der Waals surface area contributed by atoms with E-state index in [1.165, 1.54) is 5.56 Å². The van der Waals surface area contributed by atoms with Gasteiger partial charge in [0.15, 0.2) is 0 Å². The fourth-order valence-electron chi connectivity index (χ4n) is 3.54. The molecule has 0 radical (unpaired) electrons. The number of benzene rings is 1. The van der Waals surface area contributed by atoms with Gasteiger partial charge in [-0.1, -0.05) is 51.0 Å². The molecule has 0 spiro atoms. The van der Waals surface area contributed by atoms with Gasteiger partial charge in [-0.05, 0) is 24.1 Å². The Morgan fingerprint density at radius 3 is 2.32 bits per heavy atom. The van der Waals surface area contributed by atoms with Crippen molar-refractivity contribution in [3.63, 3.8) is 0 Å². The van der Waals surface area contributed by atoms with Crippen LogP contribution >= 0.6 is 0 Å². The third-order valence-electron chi connectivity index (χ3n) is 5.36. The molecule has 4 N–H and O–H groups in total. The summed E-state index contributed by atoms with van der Waals surface area (Å²) < 4.78 is 0. The van der Waals surface area contributed by atoms with Crippen LogP contribution in [0.3, 0.4) is 0 Å². The highest BCUT2D eigenvalue weighted by Gasteiger charge is 2.20. The van der Waals surface area contributed by atoms with Gasteiger partial charge in [-0.3, -0.25) is 9.69 Å². The Kier molecular flexibility index (Phi) is 9.23. The lowest BCUT2D eigenvalue weighted by Crippen LogP contribution is -2.48. The first-order chi connectivity index (χ1) is 13.5. The van der Waals surface area contributed by atoms with Gasteiger partial charge in [0.25, 0.3) is 0 Å². The number of hydrogen-bond donors (Lipinski definition) is 3. The maximum absolute atomic E-state index is 12.5. The van der Waals surface area contributed by atoms with Crippen LogP contribution in [0.4, 0.5) is 4.79 Å². The first kappa shape index (κ1) is 22.2. The fraction of sp³-hybridized carbons (Fsp3) is 0.619. The second-order valence-corrected chi connectivity index (χ2v) is 7.40. The summed E-state index contributed by atoms with van der Waals surface area (Å²) in [6, 6.07) is 6.98. The molecule has 1 aromatic rings. The quantitative estimate of drug-likeness (QED) is 0.568. The minimum Gasteiger partial charge on any atom is -0.352 e. The van der Waals surface area contributed by atoms with Crippen molar-refractivity contribution >= 4 is 11.9 Å². The molecule has 0 saturated carbocycles. The largest absolute Gasteiger partial charge is 0.352 e. The molecule has 1 unspecified atom stereocenters. The van der Waals surface area contributed by atoms with E-state index < -0.39 is 12.1 Å². The summed E-state index contributed by atoms with van der Waals surface area (Å²) >= 11 is 0. The standard InChI is InChI=1S/C21H35N5O2/c1-3-5-10-19(24-21(22)28)20(27)23-15-17-8-6-7-9-18(17)16-26-13-11-25(4-2)12-14-26/h6-9,19H,3-5,10-16H2,1-2H3,(H,23,27)(H3,22,24,28). The van der Waals surface area contributed by atoms with Crippen LogP contribution in [0.15, 0.2) is 24.3 Å². The molecule has 7 heteroatoms. The number of nitrogens with zero attached hydrogens (tertiary/aromatic N) is 2. The molecule has 1 aliphatic heterocycles. The van der Waals surface area contributed by atoms with Crippen LogP contribution in [0.5, 0.6) is 0 Å². The van der Waals surface area contributed by atoms with Crippen molar-refractivity contribution in [3.8, 4) is 0 Å². The Morgan fingerprint density at radius 2 is 1.71 bits per heavy atom. The SMILES string of the molecule is CCCCC(NC(N)=O)C(=O)NCc1ccccc1CN1CCN(CC)CC1. The Balaban J connectivity index is 1.92. The summed E-state index contributed by atoms with van der Waals surface area (Å²) in [6.45, 7) is 11.0. The number of carbonyl (C=O) groups is 2. The molecule has 1 fully saturated rings. The minimum atomic E-state index is -0.664. The van der Waals surface area contributed by atoms with Gasteiger partial charge in [-0.2, -0.15) is 0 Å². The van der Waals surface area contributed by atoms with E-state index in [-0.39, 0.29) is 5.91 Å². The number of unbranched alkanes of at least 4 members (excludes halogenated alkanes) is 1. The average molecular weight is 390 g/mol. The van der Waals surface area contributed by atoms with Gasteiger partial charge in [0.05, 0.1) is 0 Å². The first-order valence-corrected chi connectivity index (χ1v) is 10.4. The number of nitrogens with two attached hydrogens (primary N) is 1. The zero-order valence-electron chi connectivity index (χ0n) is 17.2. The van der Waals surface area contributed by atoms with Gasteiger partial charge in [0.2, 0.25) is 5.91 Å². The molecular formula is C21H35N5O2. The monoisotopic (exact) mass is 389 g/mol. The Hall–Kier alpha value is -2.12. The van der Waals surface area contributed by atoms with Gasteiger partial charge in [-0.15, -0.1) is 0 Å². The zero-order chi connectivity index (χ0) is 20.4. The second kappa shape index (κ2) is 11.7. The van der Waals surface area contributed by atoms with E-state index >= 15 is 0 Å². The molecule has 1 heterocycles. The van der Waals surface area contributed by atoms with Crippen LogP contribution in [0.2, 0.25) is 0 Å². The minimum absolute atomic E-state index is 0.182. The molecule has 0 aliphatic carbocycles. The summed E-state index contributed by atoms with van der Waals surface area (Å²) in [4.78, 5) is 28.7. The lowest BCUT2D eigenvalue weighted by molar-refractivity contribution is -0.123. The third-order valence-corrected chi connectivity index (χ3v) is 5.36. The van der Waals surface area contributed by atoms with Crippen LogP contribution in [0.25, 0.3) is 0 Å². The highest BCUT2D eigenvalue weighted by atomic mass is 16.2. The van der Waals surface area contributed by atoms with Crippen LogP contribution in [-0.2, 0) is 17.9 Å². The number of carbonyl (C=O) groups excluding carboxylic acids is 2. The van der Waals surface area contributed by atoms with Crippen molar-refractivity contribution in [2.45, 2.75) is 52.2 Å². The Bertz CT molecular complexity index is 629. The zero-order valence-corrected chi connectivity index (χ0v) is 17.2. The fourth-order valence-corrected chi connectivity index (χ4v) is 3.54. The molecule has 0 bridgehead atoms. The predicted octanol–water partition coefficient (Wildman–Crippen LogP) is 1.67. The van der Waals surface area contributed by atoms with E-state index in [9.17, 15) is 9.59 Å². The normalized spacial score (nSPS) is 16.5. The lowest BCUT2D eigenvalue weighted by atomic mass is 10.1. The maximum atomic E-state index is 12.5. The van der Waals surface area contributed by atoms with Crippen molar-refractivity contribution < 1.29 is 9.59 Å². The number of piperazine rings is 1. The maximum Gasteiger partial charge on any atom is 0.312 e. The van der Waals surface area contributed by atoms with Gasteiger partial charge < -0.3 is 21.3 Å². The number of amides is 3. The van der Waals surface area contributed by atoms with Crippen LogP contribution in [0, 0.1) is 0 Å². The molecule has 0 aromatic heterocycles. The van der Waals surface area contributed by atoms with Gasteiger partial charge in [0.1, 0.15) is 6.04 Å². The average Bonchev–Trinajstić information content (AvgIpc) is 2.70. The summed E-state index contributed by atoms with van der Waals surface area (Å²) in [5.41, 5.74) is 7.57. The molecule has 1 aromatic carbocycles. The number of likely N-dealkylation sites (N-methyl/N-ethyl adjacent to an activating group) is 1. The van der Waals surface area contributed by atoms with Crippen molar-refractivity contribution in [2.24, 2.45) is 5.73 Å². The molecule has 156 valence electrons. The van der Waals surface area contributed by atoms with Crippen molar-refractivity contribution in [1.29, 1.82) is 0 Å². The lowest BCUT2D eigenvalue weighted by Gasteiger charge is -2.34. The van der Waals surface area contributed by atoms with Gasteiger partial charge >= 0.3 is 6.03 Å². The van der Waals surface area contributed by atoms with Crippen molar-refractivity contribution in [3.05, 3.63) is 35.4 Å². The van der Waals surface area contributed by atoms with E-state index in [4.69, 9.17) is 5.73 Å². The van der Waals surface area contributed by atoms with E-state index in [2.05, 4.69) is 46.4 Å². The van der Waals surface area contributed by atoms with Crippen LogP contribution < -0.4 is 16.4 Å². The molecule has 2 rings (SSSR count). The highest BCUT2D eigenvalue weighted by molar-refractivity contribution is 5.86. The van der Waals surface area contributed by atoms with E-state index in [1.54, 1.807) is 0 Å². The Morgan fingerprint density at radius 1 is 1.07 bits per heavy atom. The third kappa shape index (κ3) is 7.13. The molecular weight excluding hydrogens is 354 g/mol. The smallest absolute Gasteiger partial charge is 0.312 e.